The highest BCUT2D eigenvalue weighted by Crippen LogP contribution is 2.15. The minimum atomic E-state index is -0.743. The molecule has 0 aliphatic rings. The number of carboxylic acid groups (broad SMARTS) is 1. The monoisotopic (exact) mass is 308 g/mol. The number of methoxy groups -OCH3 is 1. The smallest absolute Gasteiger partial charge is 0.303 e. The predicted octanol–water partition coefficient (Wildman–Crippen LogP) is 2.55. The number of hydrogen-bond donors (Lipinski definition) is 2. The number of aliphatic carboxylic acids is 1. The van der Waals surface area contributed by atoms with Crippen LogP contribution in [0.3, 0.4) is 0 Å². The van der Waals surface area contributed by atoms with Gasteiger partial charge in [0, 0.05) is 18.7 Å². The fourth-order valence-corrected chi connectivity index (χ4v) is 2.09. The highest BCUT2D eigenvalue weighted by atomic mass is 16.5. The van der Waals surface area contributed by atoms with Crippen molar-refractivity contribution in [3.8, 4) is 5.88 Å². The Labute approximate surface area is 130 Å². The van der Waals surface area contributed by atoms with Crippen LogP contribution in [0.25, 0.3) is 0 Å². The molecule has 0 aliphatic carbocycles. The Kier molecular flexibility index (Phi) is 7.96. The van der Waals surface area contributed by atoms with E-state index in [4.69, 9.17) is 9.84 Å². The number of amides is 1. The van der Waals surface area contributed by atoms with Gasteiger partial charge in [0.25, 0.3) is 5.91 Å². The van der Waals surface area contributed by atoms with E-state index in [0.717, 1.165) is 31.4 Å². The molecule has 0 radical (unpaired) electrons. The van der Waals surface area contributed by atoms with Crippen LogP contribution in [0, 0.1) is 6.92 Å². The molecule has 0 saturated heterocycles. The van der Waals surface area contributed by atoms with Crippen LogP contribution in [-0.4, -0.2) is 35.6 Å². The number of nitrogens with zero attached hydrogens (tertiary/aromatic N) is 1. The van der Waals surface area contributed by atoms with Crippen LogP contribution >= 0.6 is 0 Å². The van der Waals surface area contributed by atoms with Gasteiger partial charge < -0.3 is 15.2 Å². The van der Waals surface area contributed by atoms with Crippen molar-refractivity contribution in [2.75, 3.05) is 13.7 Å². The number of carbonyl (C=O) groups excluding carboxylic acids is 1. The Morgan fingerprint density at radius 1 is 1.18 bits per heavy atom. The minimum absolute atomic E-state index is 0.185. The van der Waals surface area contributed by atoms with Gasteiger partial charge in [-0.15, -0.1) is 0 Å². The van der Waals surface area contributed by atoms with Gasteiger partial charge in [-0.05, 0) is 31.9 Å². The average Bonchev–Trinajstić information content (AvgIpc) is 2.49. The van der Waals surface area contributed by atoms with Crippen LogP contribution in [0.15, 0.2) is 12.1 Å². The number of nitrogens with one attached hydrogen (secondary N) is 1. The first-order valence-corrected chi connectivity index (χ1v) is 7.56. The summed E-state index contributed by atoms with van der Waals surface area (Å²) in [6.07, 6.45) is 4.70. The lowest BCUT2D eigenvalue weighted by Crippen LogP contribution is -2.25. The standard InChI is InChI=1S/C16H24N2O4/c1-12-9-10-13(16(18-12)22-2)15(21)17-11-7-5-3-4-6-8-14(19)20/h9-10H,3-8,11H2,1-2H3,(H,17,21)(H,19,20). The Bertz CT molecular complexity index is 503. The van der Waals surface area contributed by atoms with E-state index in [1.807, 2.05) is 6.92 Å². The van der Waals surface area contributed by atoms with Crippen LogP contribution in [0.2, 0.25) is 0 Å². The molecule has 6 nitrogen and oxygen atoms in total. The average molecular weight is 308 g/mol. The topological polar surface area (TPSA) is 88.5 Å². The number of ether oxygens (including phenoxy) is 1. The van der Waals surface area contributed by atoms with E-state index in [1.165, 1.54) is 7.11 Å². The molecule has 22 heavy (non-hydrogen) atoms. The Morgan fingerprint density at radius 2 is 1.86 bits per heavy atom. The largest absolute Gasteiger partial charge is 0.481 e. The van der Waals surface area contributed by atoms with Gasteiger partial charge >= 0.3 is 5.97 Å². The lowest BCUT2D eigenvalue weighted by Gasteiger charge is -2.09. The van der Waals surface area contributed by atoms with Crippen molar-refractivity contribution in [3.05, 3.63) is 23.4 Å². The van der Waals surface area contributed by atoms with E-state index in [1.54, 1.807) is 12.1 Å². The van der Waals surface area contributed by atoms with Crippen LogP contribution in [0.1, 0.15) is 54.6 Å². The SMILES string of the molecule is COc1nc(C)ccc1C(=O)NCCCCCCCC(=O)O. The summed E-state index contributed by atoms with van der Waals surface area (Å²) in [5.74, 6) is -0.589. The van der Waals surface area contributed by atoms with Crippen molar-refractivity contribution in [2.45, 2.75) is 45.4 Å². The summed E-state index contributed by atoms with van der Waals surface area (Å²) >= 11 is 0. The first-order chi connectivity index (χ1) is 10.5. The molecule has 1 heterocycles. The number of carboxylic acids is 1. The molecule has 6 heteroatoms. The zero-order valence-electron chi connectivity index (χ0n) is 13.2. The summed E-state index contributed by atoms with van der Waals surface area (Å²) < 4.78 is 5.12. The molecule has 0 spiro atoms. The van der Waals surface area contributed by atoms with Gasteiger partial charge in [-0.2, -0.15) is 0 Å². The lowest BCUT2D eigenvalue weighted by molar-refractivity contribution is -0.137. The highest BCUT2D eigenvalue weighted by Gasteiger charge is 2.12. The lowest BCUT2D eigenvalue weighted by atomic mass is 10.1. The van der Waals surface area contributed by atoms with Crippen molar-refractivity contribution in [1.82, 2.24) is 10.3 Å². The van der Waals surface area contributed by atoms with Gasteiger partial charge in [-0.3, -0.25) is 9.59 Å². The quantitative estimate of drug-likeness (QED) is 0.648. The van der Waals surface area contributed by atoms with Crippen molar-refractivity contribution < 1.29 is 19.4 Å². The molecule has 0 unspecified atom stereocenters. The number of aromatic nitrogens is 1. The molecule has 0 aromatic carbocycles. The molecule has 0 aliphatic heterocycles. The predicted molar refractivity (Wildman–Crippen MR) is 83.2 cm³/mol. The Morgan fingerprint density at radius 3 is 2.55 bits per heavy atom. The number of carbonyl (C=O) groups is 2. The van der Waals surface area contributed by atoms with Gasteiger partial charge in [0.2, 0.25) is 5.88 Å². The van der Waals surface area contributed by atoms with E-state index in [9.17, 15) is 9.59 Å². The molecule has 0 bridgehead atoms. The Hall–Kier alpha value is -2.11. The molecule has 1 amide bonds. The first-order valence-electron chi connectivity index (χ1n) is 7.56. The van der Waals surface area contributed by atoms with Gasteiger partial charge in [0.05, 0.1) is 7.11 Å². The summed E-state index contributed by atoms with van der Waals surface area (Å²) in [6, 6.07) is 3.49. The molecule has 2 N–H and O–H groups in total. The van der Waals surface area contributed by atoms with Crippen LogP contribution < -0.4 is 10.1 Å². The number of rotatable bonds is 10. The molecule has 1 aromatic heterocycles. The number of aryl methyl sites for hydroxylation is 1. The summed E-state index contributed by atoms with van der Waals surface area (Å²) in [5, 5.41) is 11.4. The zero-order valence-corrected chi connectivity index (χ0v) is 13.2. The van der Waals surface area contributed by atoms with Crippen LogP contribution in [0.4, 0.5) is 0 Å². The summed E-state index contributed by atoms with van der Waals surface area (Å²) in [4.78, 5) is 26.6. The number of unbranched alkanes of at least 4 members (excludes halogenated alkanes) is 4. The second kappa shape index (κ2) is 9.76. The molecular formula is C16H24N2O4. The van der Waals surface area contributed by atoms with Crippen molar-refractivity contribution in [2.24, 2.45) is 0 Å². The molecule has 0 saturated carbocycles. The first kappa shape index (κ1) is 17.9. The summed E-state index contributed by atoms with van der Waals surface area (Å²) in [7, 11) is 1.50. The molecule has 1 rings (SSSR count). The maximum atomic E-state index is 12.0. The maximum Gasteiger partial charge on any atom is 0.303 e. The summed E-state index contributed by atoms with van der Waals surface area (Å²) in [5.41, 5.74) is 1.24. The number of pyridine rings is 1. The van der Waals surface area contributed by atoms with Gasteiger partial charge in [-0.25, -0.2) is 4.98 Å². The molecular weight excluding hydrogens is 284 g/mol. The Balaban J connectivity index is 2.22. The number of hydrogen-bond acceptors (Lipinski definition) is 4. The molecule has 0 atom stereocenters. The minimum Gasteiger partial charge on any atom is -0.481 e. The third-order valence-corrected chi connectivity index (χ3v) is 3.29. The van der Waals surface area contributed by atoms with Crippen molar-refractivity contribution >= 4 is 11.9 Å². The normalized spacial score (nSPS) is 10.3. The second-order valence-corrected chi connectivity index (χ2v) is 5.18. The fraction of sp³-hybridized carbons (Fsp3) is 0.562. The van der Waals surface area contributed by atoms with E-state index in [-0.39, 0.29) is 12.3 Å². The van der Waals surface area contributed by atoms with Crippen molar-refractivity contribution in [3.63, 3.8) is 0 Å². The van der Waals surface area contributed by atoms with Gasteiger partial charge in [0.15, 0.2) is 0 Å². The molecule has 122 valence electrons. The molecule has 0 fully saturated rings. The third-order valence-electron chi connectivity index (χ3n) is 3.29. The second-order valence-electron chi connectivity index (χ2n) is 5.18. The van der Waals surface area contributed by atoms with Crippen LogP contribution in [0.5, 0.6) is 5.88 Å². The van der Waals surface area contributed by atoms with E-state index in [0.29, 0.717) is 24.4 Å². The zero-order chi connectivity index (χ0) is 16.4. The summed E-state index contributed by atoms with van der Waals surface area (Å²) in [6.45, 7) is 2.43. The highest BCUT2D eigenvalue weighted by molar-refractivity contribution is 5.96. The molecule has 1 aromatic rings. The van der Waals surface area contributed by atoms with E-state index >= 15 is 0 Å². The van der Waals surface area contributed by atoms with Crippen molar-refractivity contribution in [1.29, 1.82) is 0 Å². The van der Waals surface area contributed by atoms with E-state index in [2.05, 4.69) is 10.3 Å². The third kappa shape index (κ3) is 6.56. The van der Waals surface area contributed by atoms with Gasteiger partial charge in [0.1, 0.15) is 5.56 Å². The van der Waals surface area contributed by atoms with Crippen LogP contribution in [-0.2, 0) is 4.79 Å². The maximum absolute atomic E-state index is 12.0. The van der Waals surface area contributed by atoms with E-state index < -0.39 is 5.97 Å². The van der Waals surface area contributed by atoms with Gasteiger partial charge in [-0.1, -0.05) is 19.3 Å². The fourth-order valence-electron chi connectivity index (χ4n) is 2.09.